The summed E-state index contributed by atoms with van der Waals surface area (Å²) in [4.78, 5) is 38.3. The highest BCUT2D eigenvalue weighted by atomic mass is 16.6. The average Bonchev–Trinajstić information content (AvgIpc) is 3.39. The number of rotatable bonds is 58. The van der Waals surface area contributed by atoms with Crippen LogP contribution in [0, 0.1) is 0 Å². The summed E-state index contributed by atoms with van der Waals surface area (Å²) in [6.45, 7) is 6.62. The fourth-order valence-corrected chi connectivity index (χ4v) is 9.15. The number of allylic oxidation sites excluding steroid dienone is 10. The zero-order chi connectivity index (χ0) is 52.9. The van der Waals surface area contributed by atoms with Crippen LogP contribution in [0.15, 0.2) is 60.8 Å². The molecule has 424 valence electrons. The van der Waals surface area contributed by atoms with Gasteiger partial charge in [0.25, 0.3) is 0 Å². The second-order valence-corrected chi connectivity index (χ2v) is 21.3. The van der Waals surface area contributed by atoms with Crippen LogP contribution in [0.25, 0.3) is 0 Å². The standard InChI is InChI=1S/C67H120O6/c1-4-7-10-13-16-19-22-25-28-31-33-36-39-42-45-48-51-54-57-60-66(69)72-63-64(62-71-65(68)59-56-53-50-47-44-41-38-35-30-27-24-21-18-15-12-9-6-3)73-67(70)61-58-55-52-49-46-43-40-37-34-32-29-26-23-20-17-14-11-8-5-2/h16,18-19,21,25-30,64H,4-15,17,20,22-24,31-63H2,1-3H3/b19-16+,21-18+,28-25+,29-26+,30-27+/t64-/m1/s1. The van der Waals surface area contributed by atoms with E-state index in [0.717, 1.165) is 77.0 Å². The highest BCUT2D eigenvalue weighted by Crippen LogP contribution is 2.16. The number of carbonyl (C=O) groups excluding carboxylic acids is 3. The van der Waals surface area contributed by atoms with E-state index in [1.54, 1.807) is 0 Å². The molecule has 0 radical (unpaired) electrons. The Morgan fingerprint density at radius 3 is 0.795 bits per heavy atom. The van der Waals surface area contributed by atoms with Crippen LogP contribution in [0.3, 0.4) is 0 Å². The fraction of sp³-hybridized carbons (Fsp3) is 0.806. The first-order chi connectivity index (χ1) is 36.0. The summed E-state index contributed by atoms with van der Waals surface area (Å²) < 4.78 is 16.9. The largest absolute Gasteiger partial charge is 0.462 e. The lowest BCUT2D eigenvalue weighted by Crippen LogP contribution is -2.30. The minimum Gasteiger partial charge on any atom is -0.462 e. The Hall–Kier alpha value is -2.89. The summed E-state index contributed by atoms with van der Waals surface area (Å²) in [5.41, 5.74) is 0. The average molecular weight is 1020 g/mol. The van der Waals surface area contributed by atoms with E-state index in [1.807, 2.05) is 0 Å². The molecule has 73 heavy (non-hydrogen) atoms. The van der Waals surface area contributed by atoms with Gasteiger partial charge in [0.1, 0.15) is 13.2 Å². The maximum atomic E-state index is 12.9. The van der Waals surface area contributed by atoms with Gasteiger partial charge in [0.15, 0.2) is 6.10 Å². The summed E-state index contributed by atoms with van der Waals surface area (Å²) in [6.07, 6.45) is 77.8. The predicted octanol–water partition coefficient (Wildman–Crippen LogP) is 21.6. The first-order valence-corrected chi connectivity index (χ1v) is 31.8. The van der Waals surface area contributed by atoms with E-state index in [0.29, 0.717) is 19.3 Å². The van der Waals surface area contributed by atoms with Gasteiger partial charge in [0, 0.05) is 19.3 Å². The predicted molar refractivity (Wildman–Crippen MR) is 316 cm³/mol. The molecule has 0 unspecified atom stereocenters. The minimum absolute atomic E-state index is 0.0781. The first-order valence-electron chi connectivity index (χ1n) is 31.8. The molecule has 1 atom stereocenters. The van der Waals surface area contributed by atoms with Crippen molar-refractivity contribution in [3.8, 4) is 0 Å². The monoisotopic (exact) mass is 1020 g/mol. The van der Waals surface area contributed by atoms with Gasteiger partial charge in [-0.1, -0.05) is 261 Å². The van der Waals surface area contributed by atoms with E-state index < -0.39 is 6.10 Å². The van der Waals surface area contributed by atoms with Crippen molar-refractivity contribution in [3.63, 3.8) is 0 Å². The van der Waals surface area contributed by atoms with Crippen molar-refractivity contribution in [3.05, 3.63) is 60.8 Å². The maximum absolute atomic E-state index is 12.9. The Kier molecular flexibility index (Phi) is 59.2. The smallest absolute Gasteiger partial charge is 0.306 e. The number of hydrogen-bond donors (Lipinski definition) is 0. The van der Waals surface area contributed by atoms with Gasteiger partial charge in [-0.05, 0) is 109 Å². The van der Waals surface area contributed by atoms with Crippen LogP contribution >= 0.6 is 0 Å². The molecule has 0 saturated carbocycles. The molecule has 0 aliphatic rings. The molecule has 0 rings (SSSR count). The van der Waals surface area contributed by atoms with Crippen LogP contribution in [-0.2, 0) is 28.6 Å². The summed E-state index contributed by atoms with van der Waals surface area (Å²) in [6, 6.07) is 0. The van der Waals surface area contributed by atoms with Gasteiger partial charge in [0.2, 0.25) is 0 Å². The zero-order valence-electron chi connectivity index (χ0n) is 48.7. The SMILES string of the molecule is CCCCC/C=C/C/C=C/CCCCCCCCCCCC(=O)OC[C@@H](COC(=O)CCCCCCCCC/C=C/C/C=C/CCCCC)OC(=O)CCCCCCCCCCC/C=C/CCCCCCCC. The van der Waals surface area contributed by atoms with Gasteiger partial charge < -0.3 is 14.2 Å². The van der Waals surface area contributed by atoms with Crippen molar-refractivity contribution in [2.75, 3.05) is 13.2 Å². The zero-order valence-corrected chi connectivity index (χ0v) is 48.7. The quantitative estimate of drug-likeness (QED) is 0.0261. The van der Waals surface area contributed by atoms with Crippen LogP contribution in [0.4, 0.5) is 0 Å². The van der Waals surface area contributed by atoms with Gasteiger partial charge in [-0.25, -0.2) is 0 Å². The number of hydrogen-bond acceptors (Lipinski definition) is 6. The summed E-state index contributed by atoms with van der Waals surface area (Å²) >= 11 is 0. The van der Waals surface area contributed by atoms with Crippen LogP contribution in [0.1, 0.15) is 329 Å². The topological polar surface area (TPSA) is 78.9 Å². The highest BCUT2D eigenvalue weighted by molar-refractivity contribution is 5.71. The van der Waals surface area contributed by atoms with Crippen LogP contribution < -0.4 is 0 Å². The summed E-state index contributed by atoms with van der Waals surface area (Å²) in [7, 11) is 0. The van der Waals surface area contributed by atoms with E-state index in [2.05, 4.69) is 81.5 Å². The van der Waals surface area contributed by atoms with Crippen molar-refractivity contribution in [2.45, 2.75) is 335 Å². The third-order valence-corrected chi connectivity index (χ3v) is 14.0. The Morgan fingerprint density at radius 1 is 0.274 bits per heavy atom. The molecule has 0 bridgehead atoms. The third kappa shape index (κ3) is 59.9. The normalized spacial score (nSPS) is 12.4. The molecule has 0 aromatic heterocycles. The Balaban J connectivity index is 4.38. The third-order valence-electron chi connectivity index (χ3n) is 14.0. The lowest BCUT2D eigenvalue weighted by atomic mass is 10.1. The van der Waals surface area contributed by atoms with Crippen molar-refractivity contribution < 1.29 is 28.6 Å². The summed E-state index contributed by atoms with van der Waals surface area (Å²) in [5.74, 6) is -0.875. The molecule has 0 spiro atoms. The Bertz CT molecular complexity index is 1310. The minimum atomic E-state index is -0.781. The van der Waals surface area contributed by atoms with Gasteiger partial charge in [-0.2, -0.15) is 0 Å². The summed E-state index contributed by atoms with van der Waals surface area (Å²) in [5, 5.41) is 0. The number of unbranched alkanes of at least 4 members (excludes halogenated alkanes) is 37. The molecular formula is C67H120O6. The molecule has 0 heterocycles. The molecule has 0 aromatic rings. The van der Waals surface area contributed by atoms with E-state index >= 15 is 0 Å². The second-order valence-electron chi connectivity index (χ2n) is 21.3. The van der Waals surface area contributed by atoms with Crippen molar-refractivity contribution in [1.29, 1.82) is 0 Å². The van der Waals surface area contributed by atoms with Crippen LogP contribution in [0.5, 0.6) is 0 Å². The van der Waals surface area contributed by atoms with Crippen molar-refractivity contribution in [1.82, 2.24) is 0 Å². The number of carbonyl (C=O) groups is 3. The van der Waals surface area contributed by atoms with E-state index in [-0.39, 0.29) is 31.1 Å². The van der Waals surface area contributed by atoms with Gasteiger partial charge in [0.05, 0.1) is 0 Å². The molecule has 6 heteroatoms. The molecule has 0 aliphatic heterocycles. The van der Waals surface area contributed by atoms with Crippen LogP contribution in [-0.4, -0.2) is 37.2 Å². The first kappa shape index (κ1) is 70.1. The number of esters is 3. The lowest BCUT2D eigenvalue weighted by Gasteiger charge is -2.18. The van der Waals surface area contributed by atoms with E-state index in [9.17, 15) is 14.4 Å². The molecule has 0 fully saturated rings. The van der Waals surface area contributed by atoms with Crippen LogP contribution in [0.2, 0.25) is 0 Å². The van der Waals surface area contributed by atoms with Crippen molar-refractivity contribution >= 4 is 17.9 Å². The molecule has 0 aliphatic carbocycles. The van der Waals surface area contributed by atoms with Gasteiger partial charge in [-0.3, -0.25) is 14.4 Å². The molecule has 0 N–H and O–H groups in total. The maximum Gasteiger partial charge on any atom is 0.306 e. The Morgan fingerprint density at radius 2 is 0.493 bits per heavy atom. The number of ether oxygens (including phenoxy) is 3. The van der Waals surface area contributed by atoms with Gasteiger partial charge >= 0.3 is 17.9 Å². The molecular weight excluding hydrogens is 901 g/mol. The lowest BCUT2D eigenvalue weighted by molar-refractivity contribution is -0.167. The van der Waals surface area contributed by atoms with Crippen molar-refractivity contribution in [2.24, 2.45) is 0 Å². The van der Waals surface area contributed by atoms with Gasteiger partial charge in [-0.15, -0.1) is 0 Å². The second kappa shape index (κ2) is 61.7. The molecule has 0 amide bonds. The molecule has 0 saturated heterocycles. The fourth-order valence-electron chi connectivity index (χ4n) is 9.15. The Labute approximate surface area is 453 Å². The van der Waals surface area contributed by atoms with E-state index in [1.165, 1.54) is 212 Å². The molecule has 0 aromatic carbocycles. The molecule has 6 nitrogen and oxygen atoms in total. The van der Waals surface area contributed by atoms with E-state index in [4.69, 9.17) is 14.2 Å². The highest BCUT2D eigenvalue weighted by Gasteiger charge is 2.19.